The molecule has 7 aromatic carbocycles. The average Bonchev–Trinajstić information content (AvgIpc) is 3.23. The van der Waals surface area contributed by atoms with Crippen molar-refractivity contribution in [3.63, 3.8) is 0 Å². The van der Waals surface area contributed by atoms with Gasteiger partial charge in [-0.15, -0.1) is 5.11 Å². The van der Waals surface area contributed by atoms with Gasteiger partial charge in [-0.1, -0.05) is 47.5 Å². The number of phenolic OH excluding ortho intramolecular Hbond substituents is 1. The number of fused-ring (bicyclic) bond motifs is 1. The molecule has 0 fully saturated rings. The zero-order valence-corrected chi connectivity index (χ0v) is 43.7. The van der Waals surface area contributed by atoms with Crippen LogP contribution in [0, 0.1) is 27.7 Å². The summed E-state index contributed by atoms with van der Waals surface area (Å²) in [5.41, 5.74) is 4.80. The van der Waals surface area contributed by atoms with Gasteiger partial charge in [0, 0.05) is 65.2 Å². The average molecular weight is 1000 g/mol. The van der Waals surface area contributed by atoms with Gasteiger partial charge in [0.1, 0.15) is 26.1 Å². The Balaban J connectivity index is 0.00000420. The Hall–Kier alpha value is -4.88. The van der Waals surface area contributed by atoms with Crippen LogP contribution in [-0.2, 0) is 40.5 Å². The first-order valence-electron chi connectivity index (χ1n) is 18.9. The van der Waals surface area contributed by atoms with E-state index < -0.39 is 78.2 Å². The molecule has 67 heavy (non-hydrogen) atoms. The van der Waals surface area contributed by atoms with Crippen LogP contribution >= 0.6 is 0 Å². The van der Waals surface area contributed by atoms with Crippen LogP contribution in [0.1, 0.15) is 22.3 Å². The second kappa shape index (κ2) is 20.8. The second-order valence-electron chi connectivity index (χ2n) is 14.6. The number of hydrogen-bond donors (Lipinski definition) is 3. The molecule has 0 aliphatic carbocycles. The van der Waals surface area contributed by atoms with E-state index in [2.05, 4.69) is 20.5 Å². The molecular weight excluding hydrogens is 967 g/mol. The number of hydrogen-bond acceptors (Lipinski definition) is 15. The Morgan fingerprint density at radius 3 is 1.42 bits per heavy atom. The first-order chi connectivity index (χ1) is 30.5. The van der Waals surface area contributed by atoms with E-state index in [1.807, 2.05) is 26.0 Å². The number of benzene rings is 7. The molecule has 336 valence electrons. The first-order valence-corrected chi connectivity index (χ1v) is 24.6. The van der Waals surface area contributed by atoms with Crippen LogP contribution < -0.4 is 8.37 Å². The summed E-state index contributed by atoms with van der Waals surface area (Å²) < 4.78 is 132. The quantitative estimate of drug-likeness (QED) is 0.0421. The van der Waals surface area contributed by atoms with Gasteiger partial charge in [0.05, 0.1) is 27.3 Å². The summed E-state index contributed by atoms with van der Waals surface area (Å²) in [7, 11) is -19.0. The number of nitrogens with zero attached hydrogens (tertiary/aromatic N) is 4. The van der Waals surface area contributed by atoms with Gasteiger partial charge in [-0.05, 0) is 140 Å². The van der Waals surface area contributed by atoms with E-state index in [1.165, 1.54) is 48.5 Å². The van der Waals surface area contributed by atoms with Gasteiger partial charge in [0.25, 0.3) is 20.2 Å². The largest absolute Gasteiger partial charge is 0.505 e. The number of azo groups is 2. The molecule has 2 radical (unpaired) electrons. The minimum Gasteiger partial charge on any atom is -0.505 e. The van der Waals surface area contributed by atoms with Crippen molar-refractivity contribution >= 4 is 133 Å². The van der Waals surface area contributed by atoms with E-state index in [4.69, 9.17) is 8.37 Å². The van der Waals surface area contributed by atoms with Gasteiger partial charge in [-0.2, -0.15) is 49.0 Å². The van der Waals surface area contributed by atoms with Gasteiger partial charge < -0.3 is 13.5 Å². The topological polar surface area (TPSA) is 265 Å². The van der Waals surface area contributed by atoms with Gasteiger partial charge in [0.2, 0.25) is 0 Å². The molecule has 0 aromatic heterocycles. The number of phenols is 1. The summed E-state index contributed by atoms with van der Waals surface area (Å²) >= 11 is 0. The molecule has 3 N–H and O–H groups in total. The van der Waals surface area contributed by atoms with Crippen LogP contribution in [0.25, 0.3) is 21.9 Å². The molecule has 0 aliphatic rings. The fraction of sp³-hybridized carbons (Fsp3) is 0.0909. The second-order valence-corrected chi connectivity index (χ2v) is 20.5. The molecule has 7 rings (SSSR count). The molecule has 0 heterocycles. The molecule has 0 saturated carbocycles. The van der Waals surface area contributed by atoms with Crippen molar-refractivity contribution in [1.29, 1.82) is 0 Å². The fourth-order valence-corrected chi connectivity index (χ4v) is 9.41. The summed E-state index contributed by atoms with van der Waals surface area (Å²) in [6, 6.07) is 30.3. The van der Waals surface area contributed by atoms with Gasteiger partial charge >= 0.3 is 20.2 Å². The Labute approximate surface area is 431 Å². The summed E-state index contributed by atoms with van der Waals surface area (Å²) in [4.78, 5) is -2.26. The molecule has 0 spiro atoms. The van der Waals surface area contributed by atoms with Crippen LogP contribution in [-0.4, -0.2) is 107 Å². The predicted octanol–water partition coefficient (Wildman–Crippen LogP) is 9.54. The summed E-state index contributed by atoms with van der Waals surface area (Å²) in [6.45, 7) is 7.07. The number of aromatic hydroxyl groups is 1. The van der Waals surface area contributed by atoms with Crippen LogP contribution in [0.5, 0.6) is 17.2 Å². The van der Waals surface area contributed by atoms with Crippen molar-refractivity contribution in [2.24, 2.45) is 20.5 Å². The molecule has 0 unspecified atom stereocenters. The Morgan fingerprint density at radius 1 is 0.478 bits per heavy atom. The van der Waals surface area contributed by atoms with Crippen molar-refractivity contribution < 1.29 is 56.2 Å². The fourth-order valence-electron chi connectivity index (χ4n) is 6.36. The van der Waals surface area contributed by atoms with Crippen molar-refractivity contribution in [2.45, 2.75) is 47.3 Å². The van der Waals surface area contributed by atoms with Crippen LogP contribution in [0.3, 0.4) is 0 Å². The predicted molar refractivity (Wildman–Crippen MR) is 251 cm³/mol. The Morgan fingerprint density at radius 2 is 0.955 bits per heavy atom. The third-order valence-corrected chi connectivity index (χ3v) is 14.0. The zero-order chi connectivity index (χ0) is 47.1. The van der Waals surface area contributed by atoms with E-state index in [0.29, 0.717) is 34.6 Å². The molecule has 0 atom stereocenters. The molecule has 23 heteroatoms. The number of rotatable bonds is 13. The van der Waals surface area contributed by atoms with Crippen molar-refractivity contribution in [2.75, 3.05) is 0 Å². The van der Waals surface area contributed by atoms with Gasteiger partial charge in [0.15, 0.2) is 11.5 Å². The maximum Gasteiger partial charge on any atom is 0.339 e. The Bertz CT molecular complexity index is 3560. The normalized spacial score (nSPS) is 12.2. The molecule has 0 amide bonds. The van der Waals surface area contributed by atoms with E-state index in [9.17, 15) is 47.9 Å². The number of aryl methyl sites for hydroxylation is 4. The van der Waals surface area contributed by atoms with E-state index in [0.717, 1.165) is 28.3 Å². The van der Waals surface area contributed by atoms with Gasteiger partial charge in [-0.25, -0.2) is 0 Å². The molecule has 17 nitrogen and oxygen atoms in total. The van der Waals surface area contributed by atoms with Crippen LogP contribution in [0.4, 0.5) is 22.7 Å². The molecule has 7 aromatic rings. The SMILES string of the molecule is Cc1ccc(S(=O)(=O)Oc2ccc(N=Nc3ccc(-c4ccc(N=Nc5c(S(=O)(=O)O)cc6cc(S(=O)(=O)O)cc(OS(=O)(=O)c7ccc(C)cc7)c6c5O)c(C)c4)cc3C)cc2)cc1.[Na].[Na]. The Kier molecular flexibility index (Phi) is 16.5. The summed E-state index contributed by atoms with van der Waals surface area (Å²) in [6.07, 6.45) is 0. The van der Waals surface area contributed by atoms with E-state index in [1.54, 1.807) is 62.4 Å². The van der Waals surface area contributed by atoms with Crippen LogP contribution in [0.2, 0.25) is 0 Å². The molecular formula is C44H36N4Na2O13S4. The summed E-state index contributed by atoms with van der Waals surface area (Å²) in [5, 5.41) is 27.2. The van der Waals surface area contributed by atoms with Crippen molar-refractivity contribution in [1.82, 2.24) is 0 Å². The molecule has 0 saturated heterocycles. The van der Waals surface area contributed by atoms with Crippen molar-refractivity contribution in [3.8, 4) is 28.4 Å². The van der Waals surface area contributed by atoms with E-state index >= 15 is 0 Å². The van der Waals surface area contributed by atoms with Gasteiger partial charge in [-0.3, -0.25) is 9.11 Å². The standard InChI is InChI=1S/C44H36N4O13S4.2Na/c1-26-5-15-35(16-6-26)64(56,57)60-34-13-11-33(12-14-34)45-46-38-19-9-30(21-28(38)3)31-10-20-39(29(4)22-31)47-48-43-41(63(53,54)55)24-32-23-37(62(50,51)52)25-40(42(32)44(43)49)61-65(58,59)36-17-7-27(2)8-18-36;;/h5-25,49H,1-4H3,(H,50,51,52)(H,53,54,55);;. The van der Waals surface area contributed by atoms with Crippen LogP contribution in [0.15, 0.2) is 167 Å². The minimum absolute atomic E-state index is 0. The third-order valence-electron chi connectivity index (χ3n) is 9.78. The maximum atomic E-state index is 13.3. The first kappa shape index (κ1) is 53.1. The maximum absolute atomic E-state index is 13.3. The minimum atomic E-state index is -5.22. The zero-order valence-electron chi connectivity index (χ0n) is 36.5. The third kappa shape index (κ3) is 12.4. The molecule has 0 aliphatic heterocycles. The van der Waals surface area contributed by atoms with E-state index in [-0.39, 0.29) is 80.3 Å². The van der Waals surface area contributed by atoms with Crippen molar-refractivity contribution in [3.05, 3.63) is 150 Å². The molecule has 0 bridgehead atoms. The smallest absolute Gasteiger partial charge is 0.339 e. The monoisotopic (exact) mass is 1000 g/mol. The summed E-state index contributed by atoms with van der Waals surface area (Å²) in [5.74, 6) is -1.76.